The van der Waals surface area contributed by atoms with Crippen LogP contribution >= 0.6 is 23.2 Å². The highest BCUT2D eigenvalue weighted by Crippen LogP contribution is 2.41. The Morgan fingerprint density at radius 3 is 2.51 bits per heavy atom. The van der Waals surface area contributed by atoms with Crippen LogP contribution in [0.4, 0.5) is 5.69 Å². The number of hydrogen-bond donors (Lipinski definition) is 1. The van der Waals surface area contributed by atoms with Gasteiger partial charge in [0.15, 0.2) is 6.04 Å². The van der Waals surface area contributed by atoms with Crippen LogP contribution < -0.4 is 10.9 Å². The Morgan fingerprint density at radius 2 is 1.86 bits per heavy atom. The van der Waals surface area contributed by atoms with Crippen LogP contribution in [0.3, 0.4) is 0 Å². The third-order valence-electron chi connectivity index (χ3n) is 6.71. The quantitative estimate of drug-likeness (QED) is 0.159. The number of nitrogens with two attached hydrogens (primary N) is 1. The van der Waals surface area contributed by atoms with Gasteiger partial charge in [-0.2, -0.15) is 0 Å². The summed E-state index contributed by atoms with van der Waals surface area (Å²) in [5.41, 5.74) is -0.135. The third-order valence-corrected chi connectivity index (χ3v) is 7.45. The van der Waals surface area contributed by atoms with E-state index in [4.69, 9.17) is 33.8 Å². The van der Waals surface area contributed by atoms with Crippen LogP contribution in [0, 0.1) is 0 Å². The third kappa shape index (κ3) is 5.09. The van der Waals surface area contributed by atoms with Crippen molar-refractivity contribution in [2.75, 3.05) is 12.1 Å². The van der Waals surface area contributed by atoms with Crippen molar-refractivity contribution in [3.8, 4) is 0 Å². The minimum atomic E-state index is -1.41. The lowest BCUT2D eigenvalue weighted by Gasteiger charge is -2.48. The summed E-state index contributed by atoms with van der Waals surface area (Å²) in [6.45, 7) is 5.15. The summed E-state index contributed by atoms with van der Waals surface area (Å²) in [6, 6.07) is 15.2. The first-order valence-corrected chi connectivity index (χ1v) is 12.6. The number of anilines is 1. The van der Waals surface area contributed by atoms with Crippen molar-refractivity contribution in [1.82, 2.24) is 4.90 Å². The van der Waals surface area contributed by atoms with E-state index < -0.39 is 29.1 Å². The zero-order valence-corrected chi connectivity index (χ0v) is 22.6. The molecule has 1 amide bonds. The van der Waals surface area contributed by atoms with Gasteiger partial charge in [-0.25, -0.2) is 15.6 Å². The van der Waals surface area contributed by atoms with Gasteiger partial charge < -0.3 is 9.53 Å². The Hall–Kier alpha value is -2.97. The molecule has 194 valence electrons. The molecule has 0 radical (unpaired) electrons. The molecule has 3 aromatic carbocycles. The normalized spacial score (nSPS) is 18.6. The van der Waals surface area contributed by atoms with Gasteiger partial charge in [0.05, 0.1) is 15.7 Å². The summed E-state index contributed by atoms with van der Waals surface area (Å²) in [5, 5.41) is 3.72. The molecule has 1 heterocycles. The number of carbonyl (C=O) groups is 3. The number of ether oxygens (including phenoxy) is 1. The predicted molar refractivity (Wildman–Crippen MR) is 146 cm³/mol. The minimum Gasteiger partial charge on any atom is -0.458 e. The average Bonchev–Trinajstić information content (AvgIpc) is 2.83. The van der Waals surface area contributed by atoms with Gasteiger partial charge in [0, 0.05) is 12.8 Å². The number of hydrogen-bond acceptors (Lipinski definition) is 6. The van der Waals surface area contributed by atoms with Crippen molar-refractivity contribution in [1.29, 1.82) is 0 Å². The molecule has 1 aliphatic heterocycles. The standard InChI is InChI=1S/C28H29Cl2N3O4/c1-27(2,3)37-25(35)24(16-34)32(4)28(14-17-9-11-21(29)22(30)13-17)15-20-19-8-6-5-7-18(19)10-12-23(20)33(31)26(28)36/h5-13,16,24H,14-15,31H2,1-4H3/t24-,28-/m0/s1. The number of likely N-dealkylation sites (N-methyl/N-ethyl adjacent to an activating group) is 1. The summed E-state index contributed by atoms with van der Waals surface area (Å²) in [4.78, 5) is 41.0. The molecule has 7 nitrogen and oxygen atoms in total. The van der Waals surface area contributed by atoms with Crippen molar-refractivity contribution >= 4 is 57.8 Å². The molecular weight excluding hydrogens is 513 g/mol. The maximum Gasteiger partial charge on any atom is 0.331 e. The van der Waals surface area contributed by atoms with Gasteiger partial charge in [-0.05, 0) is 67.9 Å². The minimum absolute atomic E-state index is 0.114. The fraction of sp³-hybridized carbons (Fsp3) is 0.321. The Bertz CT molecular complexity index is 1390. The number of amides is 1. The molecule has 4 rings (SSSR count). The highest BCUT2D eigenvalue weighted by atomic mass is 35.5. The van der Waals surface area contributed by atoms with Gasteiger partial charge in [-0.3, -0.25) is 9.69 Å². The topological polar surface area (TPSA) is 92.9 Å². The molecule has 0 saturated carbocycles. The van der Waals surface area contributed by atoms with Crippen LogP contribution in [0.25, 0.3) is 10.8 Å². The Morgan fingerprint density at radius 1 is 1.16 bits per heavy atom. The van der Waals surface area contributed by atoms with Gasteiger partial charge >= 0.3 is 5.97 Å². The van der Waals surface area contributed by atoms with Gasteiger partial charge in [0.2, 0.25) is 0 Å². The van der Waals surface area contributed by atoms with Crippen LogP contribution in [0.2, 0.25) is 10.0 Å². The summed E-state index contributed by atoms with van der Waals surface area (Å²) in [7, 11) is 1.57. The number of hydrazine groups is 1. The Labute approximate surface area is 226 Å². The fourth-order valence-corrected chi connectivity index (χ4v) is 5.22. The SMILES string of the molecule is CN([C@@H](C=O)C(=O)OC(C)(C)C)[C@@]1(Cc2ccc(Cl)c(Cl)c2)Cc2c(ccc3ccccc23)N(N)C1=O. The maximum absolute atomic E-state index is 14.1. The van der Waals surface area contributed by atoms with Gasteiger partial charge in [-0.15, -0.1) is 0 Å². The van der Waals surface area contributed by atoms with E-state index in [-0.39, 0.29) is 12.8 Å². The molecule has 0 fully saturated rings. The second kappa shape index (κ2) is 10.1. The zero-order chi connectivity index (χ0) is 27.1. The van der Waals surface area contributed by atoms with E-state index in [1.807, 2.05) is 36.4 Å². The van der Waals surface area contributed by atoms with Crippen LogP contribution in [0.15, 0.2) is 54.6 Å². The van der Waals surface area contributed by atoms with E-state index in [0.717, 1.165) is 21.3 Å². The van der Waals surface area contributed by atoms with Crippen LogP contribution in [-0.4, -0.2) is 47.3 Å². The number of halogens is 2. The second-order valence-electron chi connectivity index (χ2n) is 10.3. The number of benzene rings is 3. The summed E-state index contributed by atoms with van der Waals surface area (Å²) in [5.74, 6) is 5.22. The van der Waals surface area contributed by atoms with Crippen molar-refractivity contribution in [3.63, 3.8) is 0 Å². The lowest BCUT2D eigenvalue weighted by Crippen LogP contribution is -2.68. The lowest BCUT2D eigenvalue weighted by molar-refractivity contribution is -0.164. The molecule has 0 spiro atoms. The maximum atomic E-state index is 14.1. The van der Waals surface area contributed by atoms with Crippen molar-refractivity contribution in [2.45, 2.75) is 50.8 Å². The number of esters is 1. The summed E-state index contributed by atoms with van der Waals surface area (Å²) in [6.07, 6.45) is 0.806. The van der Waals surface area contributed by atoms with E-state index in [1.54, 1.807) is 46.0 Å². The van der Waals surface area contributed by atoms with E-state index in [1.165, 1.54) is 4.90 Å². The molecule has 2 N–H and O–H groups in total. The molecule has 3 aromatic rings. The monoisotopic (exact) mass is 541 g/mol. The van der Waals surface area contributed by atoms with E-state index in [0.29, 0.717) is 27.6 Å². The largest absolute Gasteiger partial charge is 0.458 e. The fourth-order valence-electron chi connectivity index (χ4n) is 4.90. The number of fused-ring (bicyclic) bond motifs is 3. The summed E-state index contributed by atoms with van der Waals surface area (Å²) >= 11 is 12.4. The van der Waals surface area contributed by atoms with E-state index in [9.17, 15) is 14.4 Å². The highest BCUT2D eigenvalue weighted by Gasteiger charge is 2.52. The molecule has 0 unspecified atom stereocenters. The van der Waals surface area contributed by atoms with Crippen LogP contribution in [0.5, 0.6) is 0 Å². The second-order valence-corrected chi connectivity index (χ2v) is 11.1. The molecule has 0 aromatic heterocycles. The van der Waals surface area contributed by atoms with Crippen LogP contribution in [0.1, 0.15) is 31.9 Å². The van der Waals surface area contributed by atoms with Crippen molar-refractivity contribution < 1.29 is 19.1 Å². The van der Waals surface area contributed by atoms with Crippen molar-refractivity contribution in [2.24, 2.45) is 5.84 Å². The number of carbonyl (C=O) groups excluding carboxylic acids is 3. The molecule has 1 aliphatic rings. The molecule has 9 heteroatoms. The number of aldehydes is 1. The molecule has 0 bridgehead atoms. The van der Waals surface area contributed by atoms with Crippen molar-refractivity contribution in [3.05, 3.63) is 75.8 Å². The average molecular weight is 542 g/mol. The molecule has 37 heavy (non-hydrogen) atoms. The van der Waals surface area contributed by atoms with E-state index in [2.05, 4.69) is 0 Å². The molecule has 2 atom stereocenters. The zero-order valence-electron chi connectivity index (χ0n) is 21.1. The molecule has 0 aliphatic carbocycles. The Balaban J connectivity index is 1.90. The van der Waals surface area contributed by atoms with Gasteiger partial charge in [0.1, 0.15) is 17.4 Å². The molecule has 0 saturated heterocycles. The van der Waals surface area contributed by atoms with Crippen LogP contribution in [-0.2, 0) is 32.0 Å². The predicted octanol–water partition coefficient (Wildman–Crippen LogP) is 4.73. The first-order valence-electron chi connectivity index (χ1n) is 11.8. The lowest BCUT2D eigenvalue weighted by atomic mass is 9.77. The Kier molecular flexibility index (Phi) is 7.36. The first kappa shape index (κ1) is 27.1. The smallest absolute Gasteiger partial charge is 0.331 e. The van der Waals surface area contributed by atoms with Gasteiger partial charge in [0.25, 0.3) is 5.91 Å². The molecular formula is C28H29Cl2N3O4. The highest BCUT2D eigenvalue weighted by molar-refractivity contribution is 6.42. The van der Waals surface area contributed by atoms with E-state index >= 15 is 0 Å². The van der Waals surface area contributed by atoms with Gasteiger partial charge in [-0.1, -0.05) is 59.6 Å². The number of rotatable bonds is 6. The number of nitrogens with zero attached hydrogens (tertiary/aromatic N) is 2. The first-order chi connectivity index (χ1) is 17.4. The summed E-state index contributed by atoms with van der Waals surface area (Å²) < 4.78 is 5.53.